The third kappa shape index (κ3) is 4.38. The van der Waals surface area contributed by atoms with E-state index in [4.69, 9.17) is 9.47 Å². The van der Waals surface area contributed by atoms with Crippen LogP contribution in [0.25, 0.3) is 0 Å². The molecular formula is C20H23NO3. The molecule has 0 aliphatic heterocycles. The average molecular weight is 325 g/mol. The lowest BCUT2D eigenvalue weighted by Gasteiger charge is -2.09. The van der Waals surface area contributed by atoms with Gasteiger partial charge in [-0.25, -0.2) is 0 Å². The molecule has 0 saturated carbocycles. The molecule has 0 atom stereocenters. The second-order valence-electron chi connectivity index (χ2n) is 5.68. The minimum atomic E-state index is -0.0507. The first-order chi connectivity index (χ1) is 11.5. The summed E-state index contributed by atoms with van der Waals surface area (Å²) in [4.78, 5) is 12.2. The quantitative estimate of drug-likeness (QED) is 0.595. The van der Waals surface area contributed by atoms with E-state index in [0.717, 1.165) is 5.69 Å². The molecule has 4 heteroatoms. The van der Waals surface area contributed by atoms with Crippen molar-refractivity contribution in [3.8, 4) is 11.5 Å². The molecule has 0 heterocycles. The first kappa shape index (κ1) is 17.6. The third-order valence-corrected chi connectivity index (χ3v) is 3.74. The van der Waals surface area contributed by atoms with Gasteiger partial charge in [0.15, 0.2) is 5.78 Å². The lowest BCUT2D eigenvalue weighted by molar-refractivity contribution is 0.104. The molecule has 0 aliphatic rings. The fourth-order valence-electron chi connectivity index (χ4n) is 2.25. The van der Waals surface area contributed by atoms with Gasteiger partial charge in [-0.1, -0.05) is 38.1 Å². The van der Waals surface area contributed by atoms with E-state index in [0.29, 0.717) is 23.0 Å². The Bertz CT molecular complexity index is 718. The van der Waals surface area contributed by atoms with Crippen molar-refractivity contribution >= 4 is 11.5 Å². The summed E-state index contributed by atoms with van der Waals surface area (Å²) in [5, 5.41) is 3.06. The van der Waals surface area contributed by atoms with Crippen LogP contribution in [0.4, 0.5) is 5.69 Å². The van der Waals surface area contributed by atoms with Crippen molar-refractivity contribution in [1.29, 1.82) is 0 Å². The highest BCUT2D eigenvalue weighted by atomic mass is 16.5. The number of rotatable bonds is 7. The van der Waals surface area contributed by atoms with Crippen LogP contribution in [0.2, 0.25) is 0 Å². The predicted octanol–water partition coefficient (Wildman–Crippen LogP) is 4.64. The van der Waals surface area contributed by atoms with Gasteiger partial charge >= 0.3 is 0 Å². The van der Waals surface area contributed by atoms with Gasteiger partial charge in [0.05, 0.1) is 19.9 Å². The number of ether oxygens (including phenoxy) is 2. The van der Waals surface area contributed by atoms with Gasteiger partial charge in [-0.3, -0.25) is 4.79 Å². The zero-order valence-electron chi connectivity index (χ0n) is 14.5. The molecule has 0 saturated heterocycles. The van der Waals surface area contributed by atoms with E-state index in [1.165, 1.54) is 11.6 Å². The van der Waals surface area contributed by atoms with Crippen LogP contribution in [0.1, 0.15) is 35.7 Å². The van der Waals surface area contributed by atoms with Crippen LogP contribution in [-0.4, -0.2) is 20.0 Å². The number of methoxy groups -OCH3 is 2. The summed E-state index contributed by atoms with van der Waals surface area (Å²) in [7, 11) is 3.19. The number of anilines is 1. The van der Waals surface area contributed by atoms with Crippen molar-refractivity contribution in [2.24, 2.45) is 0 Å². The monoisotopic (exact) mass is 325 g/mol. The Morgan fingerprint density at radius 3 is 2.33 bits per heavy atom. The van der Waals surface area contributed by atoms with Gasteiger partial charge in [-0.05, 0) is 23.6 Å². The van der Waals surface area contributed by atoms with Gasteiger partial charge in [0.1, 0.15) is 11.5 Å². The van der Waals surface area contributed by atoms with Crippen molar-refractivity contribution in [2.75, 3.05) is 19.5 Å². The molecule has 126 valence electrons. The van der Waals surface area contributed by atoms with Crippen LogP contribution in [0.3, 0.4) is 0 Å². The molecule has 0 aromatic heterocycles. The molecule has 2 aromatic carbocycles. The number of ketones is 1. The van der Waals surface area contributed by atoms with Crippen molar-refractivity contribution in [2.45, 2.75) is 19.8 Å². The van der Waals surface area contributed by atoms with E-state index < -0.39 is 0 Å². The van der Waals surface area contributed by atoms with Crippen LogP contribution >= 0.6 is 0 Å². The van der Waals surface area contributed by atoms with Crippen LogP contribution in [-0.2, 0) is 0 Å². The van der Waals surface area contributed by atoms with E-state index in [2.05, 4.69) is 19.2 Å². The van der Waals surface area contributed by atoms with E-state index in [1.54, 1.807) is 26.5 Å². The zero-order chi connectivity index (χ0) is 17.5. The Kier molecular flexibility index (Phi) is 6.01. The third-order valence-electron chi connectivity index (χ3n) is 3.74. The molecule has 0 bridgehead atoms. The molecule has 0 radical (unpaired) electrons. The highest BCUT2D eigenvalue weighted by molar-refractivity contribution is 6.04. The van der Waals surface area contributed by atoms with Crippen LogP contribution in [0.15, 0.2) is 54.7 Å². The highest BCUT2D eigenvalue weighted by Crippen LogP contribution is 2.28. The van der Waals surface area contributed by atoms with Crippen molar-refractivity contribution < 1.29 is 14.3 Å². The molecule has 0 spiro atoms. The maximum absolute atomic E-state index is 12.2. The van der Waals surface area contributed by atoms with Crippen molar-refractivity contribution in [1.82, 2.24) is 0 Å². The summed E-state index contributed by atoms with van der Waals surface area (Å²) < 4.78 is 10.5. The van der Waals surface area contributed by atoms with E-state index >= 15 is 0 Å². The molecule has 1 N–H and O–H groups in total. The van der Waals surface area contributed by atoms with Crippen LogP contribution in [0, 0.1) is 0 Å². The summed E-state index contributed by atoms with van der Waals surface area (Å²) in [6.07, 6.45) is 3.12. The minimum Gasteiger partial charge on any atom is -0.497 e. The standard InChI is InChI=1S/C20H23NO3/c1-14(2)15-5-7-16(8-6-15)19(22)11-12-21-18-10-9-17(23-3)13-20(18)24-4/h5-14,21H,1-4H3/b12-11+. The summed E-state index contributed by atoms with van der Waals surface area (Å²) >= 11 is 0. The molecule has 0 amide bonds. The molecule has 0 fully saturated rings. The number of allylic oxidation sites excluding steroid dienone is 1. The van der Waals surface area contributed by atoms with Gasteiger partial charge in [-0.2, -0.15) is 0 Å². The predicted molar refractivity (Wildman–Crippen MR) is 97.2 cm³/mol. The minimum absolute atomic E-state index is 0.0507. The van der Waals surface area contributed by atoms with Crippen molar-refractivity contribution in [3.05, 3.63) is 65.9 Å². The number of hydrogen-bond acceptors (Lipinski definition) is 4. The summed E-state index contributed by atoms with van der Waals surface area (Å²) in [6, 6.07) is 13.1. The van der Waals surface area contributed by atoms with Gasteiger partial charge in [0.2, 0.25) is 0 Å². The van der Waals surface area contributed by atoms with E-state index in [9.17, 15) is 4.79 Å². The molecule has 0 aliphatic carbocycles. The maximum Gasteiger partial charge on any atom is 0.187 e. The van der Waals surface area contributed by atoms with Crippen LogP contribution in [0.5, 0.6) is 11.5 Å². The summed E-state index contributed by atoms with van der Waals surface area (Å²) in [5.41, 5.74) is 2.65. The smallest absolute Gasteiger partial charge is 0.187 e. The van der Waals surface area contributed by atoms with Gasteiger partial charge in [-0.15, -0.1) is 0 Å². The highest BCUT2D eigenvalue weighted by Gasteiger charge is 2.05. The van der Waals surface area contributed by atoms with Crippen LogP contribution < -0.4 is 14.8 Å². The normalized spacial score (nSPS) is 10.9. The number of hydrogen-bond donors (Lipinski definition) is 1. The van der Waals surface area contributed by atoms with Crippen molar-refractivity contribution in [3.63, 3.8) is 0 Å². The number of carbonyl (C=O) groups is 1. The SMILES string of the molecule is COc1ccc(N/C=C/C(=O)c2ccc(C(C)C)cc2)c(OC)c1. The molecule has 2 aromatic rings. The average Bonchev–Trinajstić information content (AvgIpc) is 2.61. The Hall–Kier alpha value is -2.75. The lowest BCUT2D eigenvalue weighted by atomic mass is 10.0. The van der Waals surface area contributed by atoms with E-state index in [1.807, 2.05) is 36.4 Å². The second kappa shape index (κ2) is 8.20. The lowest BCUT2D eigenvalue weighted by Crippen LogP contribution is -1.98. The topological polar surface area (TPSA) is 47.6 Å². The first-order valence-corrected chi connectivity index (χ1v) is 7.84. The zero-order valence-corrected chi connectivity index (χ0v) is 14.5. The largest absolute Gasteiger partial charge is 0.497 e. The van der Waals surface area contributed by atoms with Gasteiger partial charge in [0, 0.05) is 23.9 Å². The molecular weight excluding hydrogens is 302 g/mol. The molecule has 24 heavy (non-hydrogen) atoms. The fraction of sp³-hybridized carbons (Fsp3) is 0.250. The Morgan fingerprint density at radius 1 is 1.04 bits per heavy atom. The fourth-order valence-corrected chi connectivity index (χ4v) is 2.25. The Balaban J connectivity index is 2.04. The second-order valence-corrected chi connectivity index (χ2v) is 5.68. The number of carbonyl (C=O) groups excluding carboxylic acids is 1. The molecule has 2 rings (SSSR count). The van der Waals surface area contributed by atoms with Gasteiger partial charge in [0.25, 0.3) is 0 Å². The maximum atomic E-state index is 12.2. The van der Waals surface area contributed by atoms with Gasteiger partial charge < -0.3 is 14.8 Å². The Labute approximate surface area is 143 Å². The summed E-state index contributed by atoms with van der Waals surface area (Å²) in [6.45, 7) is 4.26. The number of benzene rings is 2. The first-order valence-electron chi connectivity index (χ1n) is 7.84. The van der Waals surface area contributed by atoms with E-state index in [-0.39, 0.29) is 5.78 Å². The number of nitrogens with one attached hydrogen (secondary N) is 1. The summed E-state index contributed by atoms with van der Waals surface area (Å²) in [5.74, 6) is 1.76. The Morgan fingerprint density at radius 2 is 1.75 bits per heavy atom. The molecule has 4 nitrogen and oxygen atoms in total. The molecule has 0 unspecified atom stereocenters.